The zero-order chi connectivity index (χ0) is 42.8. The molecule has 58 heavy (non-hydrogen) atoms. The van der Waals surface area contributed by atoms with Crippen LogP contribution in [0.5, 0.6) is 0 Å². The monoisotopic (exact) mass is 830 g/mol. The maximum Gasteiger partial charge on any atom is 0.354 e. The molecule has 0 saturated carbocycles. The van der Waals surface area contributed by atoms with Gasteiger partial charge in [0.25, 0.3) is 0 Å². The van der Waals surface area contributed by atoms with Crippen molar-refractivity contribution in [2.24, 2.45) is 5.92 Å². The maximum atomic E-state index is 12.4. The number of carboxylic acid groups (broad SMARTS) is 3. The van der Waals surface area contributed by atoms with Gasteiger partial charge >= 0.3 is 17.9 Å². The Hall–Kier alpha value is -4.20. The molecule has 0 spiro atoms. The third kappa shape index (κ3) is 26.7. The number of amides is 5. The summed E-state index contributed by atoms with van der Waals surface area (Å²) in [5, 5.41) is 35.2. The second-order valence-electron chi connectivity index (χ2n) is 14.0. The summed E-state index contributed by atoms with van der Waals surface area (Å²) in [6.45, 7) is 0.173. The number of hydrogen-bond acceptors (Lipinski definition) is 12. The number of rotatable bonds is 39. The van der Waals surface area contributed by atoms with Crippen LogP contribution in [0.2, 0.25) is 0 Å². The quantitative estimate of drug-likeness (QED) is 0.0295. The number of hydrogen-bond donors (Lipinski definition) is 6. The number of likely N-dealkylation sites (tertiary alicyclic amines) is 1. The molecule has 19 heteroatoms. The lowest BCUT2D eigenvalue weighted by Crippen LogP contribution is -2.46. The first kappa shape index (κ1) is 51.8. The van der Waals surface area contributed by atoms with E-state index >= 15 is 0 Å². The van der Waals surface area contributed by atoms with E-state index in [4.69, 9.17) is 24.1 Å². The second-order valence-corrected chi connectivity index (χ2v) is 14.0. The summed E-state index contributed by atoms with van der Waals surface area (Å²) in [7, 11) is 0. The van der Waals surface area contributed by atoms with Gasteiger partial charge in [-0.25, -0.2) is 9.69 Å². The van der Waals surface area contributed by atoms with Gasteiger partial charge in [-0.2, -0.15) is 0 Å². The van der Waals surface area contributed by atoms with E-state index < -0.39 is 53.7 Å². The van der Waals surface area contributed by atoms with Gasteiger partial charge < -0.3 is 50.2 Å². The molecule has 0 bridgehead atoms. The van der Waals surface area contributed by atoms with Crippen LogP contribution in [0.3, 0.4) is 0 Å². The van der Waals surface area contributed by atoms with Crippen LogP contribution in [0.1, 0.15) is 122 Å². The Morgan fingerprint density at radius 1 is 0.534 bits per heavy atom. The van der Waals surface area contributed by atoms with Crippen molar-refractivity contribution in [1.82, 2.24) is 20.9 Å². The van der Waals surface area contributed by atoms with E-state index in [1.807, 2.05) is 0 Å². The van der Waals surface area contributed by atoms with Crippen molar-refractivity contribution in [3.05, 3.63) is 0 Å². The Balaban J connectivity index is 1.96. The summed E-state index contributed by atoms with van der Waals surface area (Å²) < 4.78 is 21.0. The van der Waals surface area contributed by atoms with Crippen LogP contribution in [0.15, 0.2) is 0 Å². The van der Waals surface area contributed by atoms with Gasteiger partial charge in [0.05, 0.1) is 39.6 Å². The molecule has 19 nitrogen and oxygen atoms in total. The standard InChI is InChI=1S/C39H66N4O15/c44-31(15-13-11-9-7-5-3-1-2-4-6-8-10-12-14-16-35(48)49)40-20-19-30(38(51)52)36(50)42-22-24-55-25-26-57-29-32(45)41-21-23-56-27-28-58-37(39(53)54)43-33(46)17-18-34(43)47/h30,37H,1-29H2,(H,40,44)(H,41,45)(H,42,50)(H,48,49)(H,51,52)(H,53,54)/t30-,37?/m0/s1. The SMILES string of the molecule is O=C(O)CCCCCCCCCCCCCCCCC(=O)NCC[C@H](C(=O)O)C(=O)NCCOCCOCC(=O)NCCOCCOC(C(=O)O)N1C(=O)CCC1=O. The first-order valence-electron chi connectivity index (χ1n) is 20.6. The molecule has 2 atom stereocenters. The lowest BCUT2D eigenvalue weighted by Gasteiger charge is -2.22. The Kier molecular flexibility index (Phi) is 30.1. The minimum atomic E-state index is -1.71. The first-order valence-corrected chi connectivity index (χ1v) is 20.6. The van der Waals surface area contributed by atoms with Crippen molar-refractivity contribution in [2.75, 3.05) is 65.9 Å². The lowest BCUT2D eigenvalue weighted by atomic mass is 10.0. The number of carboxylic acids is 3. The molecule has 0 radical (unpaired) electrons. The van der Waals surface area contributed by atoms with Crippen molar-refractivity contribution < 1.29 is 72.6 Å². The second kappa shape index (κ2) is 33.7. The Morgan fingerprint density at radius 3 is 1.52 bits per heavy atom. The van der Waals surface area contributed by atoms with Gasteiger partial charge in [0.1, 0.15) is 12.5 Å². The summed E-state index contributed by atoms with van der Waals surface area (Å²) in [6.07, 6.45) is 14.0. The van der Waals surface area contributed by atoms with Gasteiger partial charge in [0.2, 0.25) is 35.8 Å². The number of ether oxygens (including phenoxy) is 4. The molecular formula is C39H66N4O15. The van der Waals surface area contributed by atoms with Crippen molar-refractivity contribution in [3.63, 3.8) is 0 Å². The van der Waals surface area contributed by atoms with Crippen LogP contribution in [0.4, 0.5) is 0 Å². The highest BCUT2D eigenvalue weighted by Gasteiger charge is 2.39. The number of carbonyl (C=O) groups excluding carboxylic acids is 5. The van der Waals surface area contributed by atoms with Crippen LogP contribution in [0, 0.1) is 5.92 Å². The summed E-state index contributed by atoms with van der Waals surface area (Å²) in [4.78, 5) is 94.0. The molecule has 0 aliphatic carbocycles. The summed E-state index contributed by atoms with van der Waals surface area (Å²) in [5.41, 5.74) is 0. The molecule has 1 aliphatic rings. The third-order valence-electron chi connectivity index (χ3n) is 9.17. The van der Waals surface area contributed by atoms with E-state index in [9.17, 15) is 48.6 Å². The van der Waals surface area contributed by atoms with E-state index in [-0.39, 0.29) is 97.5 Å². The Bertz CT molecular complexity index is 1240. The number of nitrogens with zero attached hydrogens (tertiary/aromatic N) is 1. The molecule has 1 heterocycles. The summed E-state index contributed by atoms with van der Waals surface area (Å²) in [5.74, 6) is -7.28. The number of unbranched alkanes of at least 4 members (excludes halogenated alkanes) is 13. The van der Waals surface area contributed by atoms with E-state index in [1.165, 1.54) is 44.9 Å². The number of nitrogens with one attached hydrogen (secondary N) is 3. The zero-order valence-electron chi connectivity index (χ0n) is 33.8. The van der Waals surface area contributed by atoms with Gasteiger partial charge in [-0.15, -0.1) is 0 Å². The molecule has 0 aromatic heterocycles. The van der Waals surface area contributed by atoms with Crippen LogP contribution < -0.4 is 16.0 Å². The summed E-state index contributed by atoms with van der Waals surface area (Å²) >= 11 is 0. The van der Waals surface area contributed by atoms with Crippen molar-refractivity contribution in [1.29, 1.82) is 0 Å². The molecule has 1 unspecified atom stereocenters. The van der Waals surface area contributed by atoms with Crippen molar-refractivity contribution in [2.45, 2.75) is 128 Å². The zero-order valence-corrected chi connectivity index (χ0v) is 33.8. The maximum absolute atomic E-state index is 12.4. The fourth-order valence-corrected chi connectivity index (χ4v) is 5.99. The average Bonchev–Trinajstić information content (AvgIpc) is 3.51. The molecule has 1 rings (SSSR count). The van der Waals surface area contributed by atoms with Gasteiger partial charge in [0, 0.05) is 45.3 Å². The molecular weight excluding hydrogens is 764 g/mol. The Labute approximate surface area is 340 Å². The molecule has 0 aromatic carbocycles. The van der Waals surface area contributed by atoms with Crippen molar-refractivity contribution in [3.8, 4) is 0 Å². The predicted molar refractivity (Wildman–Crippen MR) is 207 cm³/mol. The largest absolute Gasteiger partial charge is 0.481 e. The number of carbonyl (C=O) groups is 8. The van der Waals surface area contributed by atoms with Gasteiger partial charge in [-0.3, -0.25) is 33.6 Å². The minimum Gasteiger partial charge on any atom is -0.481 e. The molecule has 1 fully saturated rings. The molecule has 1 saturated heterocycles. The first-order chi connectivity index (χ1) is 27.9. The predicted octanol–water partition coefficient (Wildman–Crippen LogP) is 2.38. The fraction of sp³-hybridized carbons (Fsp3) is 0.795. The van der Waals surface area contributed by atoms with E-state index in [0.717, 1.165) is 44.9 Å². The van der Waals surface area contributed by atoms with E-state index in [2.05, 4.69) is 16.0 Å². The fourth-order valence-electron chi connectivity index (χ4n) is 5.99. The highest BCUT2D eigenvalue weighted by atomic mass is 16.6. The van der Waals surface area contributed by atoms with Crippen molar-refractivity contribution >= 4 is 47.4 Å². The molecule has 0 aromatic rings. The summed E-state index contributed by atoms with van der Waals surface area (Å²) in [6, 6.07) is 0. The molecule has 1 aliphatic heterocycles. The third-order valence-corrected chi connectivity index (χ3v) is 9.17. The van der Waals surface area contributed by atoms with Gasteiger partial charge in [-0.05, 0) is 19.3 Å². The van der Waals surface area contributed by atoms with E-state index in [0.29, 0.717) is 11.3 Å². The smallest absolute Gasteiger partial charge is 0.354 e. The van der Waals surface area contributed by atoms with Crippen LogP contribution in [-0.2, 0) is 57.3 Å². The normalized spacial score (nSPS) is 13.6. The van der Waals surface area contributed by atoms with Gasteiger partial charge in [0.15, 0.2) is 0 Å². The lowest BCUT2D eigenvalue weighted by molar-refractivity contribution is -0.175. The highest BCUT2D eigenvalue weighted by Crippen LogP contribution is 2.17. The number of imide groups is 1. The molecule has 6 N–H and O–H groups in total. The van der Waals surface area contributed by atoms with Crippen LogP contribution in [0.25, 0.3) is 0 Å². The number of aliphatic carboxylic acids is 3. The Morgan fingerprint density at radius 2 is 1.00 bits per heavy atom. The average molecular weight is 831 g/mol. The molecule has 332 valence electrons. The highest BCUT2D eigenvalue weighted by molar-refractivity contribution is 6.04. The minimum absolute atomic E-state index is 0.0355. The molecule has 5 amide bonds. The van der Waals surface area contributed by atoms with Gasteiger partial charge in [-0.1, -0.05) is 77.0 Å². The topological polar surface area (TPSA) is 273 Å². The van der Waals surface area contributed by atoms with Crippen LogP contribution in [-0.4, -0.2) is 140 Å². The van der Waals surface area contributed by atoms with E-state index in [1.54, 1.807) is 0 Å². The van der Waals surface area contributed by atoms with Crippen LogP contribution >= 0.6 is 0 Å².